The van der Waals surface area contributed by atoms with Crippen molar-refractivity contribution in [2.45, 2.75) is 57.5 Å². The maximum Gasteiger partial charge on any atom is 0.251 e. The largest absolute Gasteiger partial charge is 0.368 e. The number of likely N-dealkylation sites (tertiary alicyclic amines) is 2. The predicted molar refractivity (Wildman–Crippen MR) is 83.3 cm³/mol. The van der Waals surface area contributed by atoms with Crippen molar-refractivity contribution < 1.29 is 14.3 Å². The van der Waals surface area contributed by atoms with E-state index in [4.69, 9.17) is 4.74 Å². The Morgan fingerprint density at radius 3 is 1.95 bits per heavy atom. The fraction of sp³-hybridized carbons (Fsp3) is 0.882. The summed E-state index contributed by atoms with van der Waals surface area (Å²) < 4.78 is 5.48. The van der Waals surface area contributed by atoms with E-state index in [9.17, 15) is 9.59 Å². The molecule has 1 unspecified atom stereocenters. The molecule has 0 radical (unpaired) electrons. The fourth-order valence-electron chi connectivity index (χ4n) is 3.87. The van der Waals surface area contributed by atoms with Crippen molar-refractivity contribution in [3.05, 3.63) is 0 Å². The number of carbonyl (C=O) groups excluding carboxylic acids is 2. The Kier molecular flexibility index (Phi) is 5.34. The first kappa shape index (κ1) is 15.8. The lowest BCUT2D eigenvalue weighted by Crippen LogP contribution is -2.47. The van der Waals surface area contributed by atoms with Crippen molar-refractivity contribution >= 4 is 11.8 Å². The van der Waals surface area contributed by atoms with Crippen LogP contribution in [0.1, 0.15) is 51.4 Å². The molecule has 5 nitrogen and oxygen atoms in total. The maximum absolute atomic E-state index is 12.6. The van der Waals surface area contributed by atoms with E-state index in [0.717, 1.165) is 51.6 Å². The van der Waals surface area contributed by atoms with Crippen LogP contribution in [0.15, 0.2) is 0 Å². The van der Waals surface area contributed by atoms with Gasteiger partial charge in [0.05, 0.1) is 0 Å². The van der Waals surface area contributed by atoms with Gasteiger partial charge in [-0.1, -0.05) is 12.8 Å². The van der Waals surface area contributed by atoms with E-state index < -0.39 is 0 Å². The summed E-state index contributed by atoms with van der Waals surface area (Å²) in [6, 6.07) is 0. The zero-order chi connectivity index (χ0) is 15.4. The summed E-state index contributed by atoms with van der Waals surface area (Å²) in [4.78, 5) is 28.9. The van der Waals surface area contributed by atoms with Crippen molar-refractivity contribution in [1.29, 1.82) is 0 Å². The van der Waals surface area contributed by atoms with Crippen molar-refractivity contribution in [3.8, 4) is 0 Å². The summed E-state index contributed by atoms with van der Waals surface area (Å²) in [7, 11) is 0. The molecule has 1 atom stereocenters. The molecule has 3 saturated heterocycles. The molecule has 3 rings (SSSR count). The maximum atomic E-state index is 12.6. The minimum Gasteiger partial charge on any atom is -0.368 e. The Bertz CT molecular complexity index is 391. The van der Waals surface area contributed by atoms with Crippen LogP contribution in [0.4, 0.5) is 0 Å². The number of nitrogens with zero attached hydrogens (tertiary/aromatic N) is 2. The van der Waals surface area contributed by atoms with Gasteiger partial charge in [-0.15, -0.1) is 0 Å². The van der Waals surface area contributed by atoms with Crippen LogP contribution in [0, 0.1) is 5.92 Å². The molecule has 0 saturated carbocycles. The molecule has 0 aromatic carbocycles. The van der Waals surface area contributed by atoms with Crippen LogP contribution in [-0.2, 0) is 14.3 Å². The van der Waals surface area contributed by atoms with E-state index in [0.29, 0.717) is 25.6 Å². The second kappa shape index (κ2) is 7.44. The molecule has 0 aliphatic carbocycles. The van der Waals surface area contributed by atoms with Gasteiger partial charge >= 0.3 is 0 Å². The summed E-state index contributed by atoms with van der Waals surface area (Å²) in [6.45, 7) is 3.98. The zero-order valence-electron chi connectivity index (χ0n) is 13.5. The lowest BCUT2D eigenvalue weighted by molar-refractivity contribution is -0.145. The first-order valence-electron chi connectivity index (χ1n) is 8.95. The second-order valence-corrected chi connectivity index (χ2v) is 6.84. The molecule has 3 aliphatic rings. The number of hydrogen-bond acceptors (Lipinski definition) is 3. The molecule has 22 heavy (non-hydrogen) atoms. The molecule has 3 aliphatic heterocycles. The third-order valence-corrected chi connectivity index (χ3v) is 5.28. The molecule has 3 fully saturated rings. The number of amides is 2. The second-order valence-electron chi connectivity index (χ2n) is 6.84. The number of carbonyl (C=O) groups is 2. The van der Waals surface area contributed by atoms with Crippen LogP contribution in [0.3, 0.4) is 0 Å². The fourth-order valence-corrected chi connectivity index (χ4v) is 3.87. The average Bonchev–Trinajstić information content (AvgIpc) is 2.96. The van der Waals surface area contributed by atoms with E-state index in [1.807, 2.05) is 4.90 Å². The summed E-state index contributed by atoms with van der Waals surface area (Å²) in [5.41, 5.74) is 0. The minimum absolute atomic E-state index is 0.117. The quantitative estimate of drug-likeness (QED) is 0.782. The predicted octanol–water partition coefficient (Wildman–Crippen LogP) is 1.81. The van der Waals surface area contributed by atoms with Crippen molar-refractivity contribution in [3.63, 3.8) is 0 Å². The van der Waals surface area contributed by atoms with Crippen molar-refractivity contribution in [1.82, 2.24) is 9.80 Å². The van der Waals surface area contributed by atoms with Crippen LogP contribution < -0.4 is 0 Å². The SMILES string of the molecule is O=C(C1CCN(C(=O)C2CCCO2)CC1)N1CCCCCC1. The molecular formula is C17H28N2O3. The average molecular weight is 308 g/mol. The van der Waals surface area contributed by atoms with Crippen LogP contribution in [0.5, 0.6) is 0 Å². The summed E-state index contributed by atoms with van der Waals surface area (Å²) in [5, 5.41) is 0. The third-order valence-electron chi connectivity index (χ3n) is 5.28. The highest BCUT2D eigenvalue weighted by Crippen LogP contribution is 2.24. The van der Waals surface area contributed by atoms with Gasteiger partial charge < -0.3 is 14.5 Å². The standard InChI is InChI=1S/C17H28N2O3/c20-16(18-9-3-1-2-4-10-18)14-7-11-19(12-8-14)17(21)15-6-5-13-22-15/h14-15H,1-13H2. The van der Waals surface area contributed by atoms with Crippen LogP contribution in [0.25, 0.3) is 0 Å². The Labute approximate surface area is 133 Å². The van der Waals surface area contributed by atoms with Gasteiger partial charge in [-0.2, -0.15) is 0 Å². The van der Waals surface area contributed by atoms with Gasteiger partial charge in [-0.3, -0.25) is 9.59 Å². The van der Waals surface area contributed by atoms with Crippen LogP contribution >= 0.6 is 0 Å². The highest BCUT2D eigenvalue weighted by atomic mass is 16.5. The number of hydrogen-bond donors (Lipinski definition) is 0. The summed E-state index contributed by atoms with van der Waals surface area (Å²) >= 11 is 0. The number of ether oxygens (including phenoxy) is 1. The van der Waals surface area contributed by atoms with E-state index in [1.54, 1.807) is 0 Å². The first-order chi connectivity index (χ1) is 10.8. The molecule has 3 heterocycles. The Morgan fingerprint density at radius 1 is 0.727 bits per heavy atom. The van der Waals surface area contributed by atoms with Gasteiger partial charge in [0.25, 0.3) is 5.91 Å². The van der Waals surface area contributed by atoms with Gasteiger partial charge in [0.15, 0.2) is 0 Å². The Balaban J connectivity index is 1.48. The zero-order valence-corrected chi connectivity index (χ0v) is 13.5. The van der Waals surface area contributed by atoms with Crippen molar-refractivity contribution in [2.75, 3.05) is 32.8 Å². The van der Waals surface area contributed by atoms with Crippen molar-refractivity contribution in [2.24, 2.45) is 5.92 Å². The molecule has 0 spiro atoms. The molecule has 0 N–H and O–H groups in total. The van der Waals surface area contributed by atoms with E-state index in [1.165, 1.54) is 12.8 Å². The molecule has 0 aromatic heterocycles. The first-order valence-corrected chi connectivity index (χ1v) is 8.95. The van der Waals surface area contributed by atoms with Gasteiger partial charge in [-0.05, 0) is 38.5 Å². The highest BCUT2D eigenvalue weighted by molar-refractivity contribution is 5.82. The molecule has 0 bridgehead atoms. The number of rotatable bonds is 2. The summed E-state index contributed by atoms with van der Waals surface area (Å²) in [6.07, 6.45) is 8.02. The van der Waals surface area contributed by atoms with Gasteiger partial charge in [0, 0.05) is 38.7 Å². The van der Waals surface area contributed by atoms with E-state index in [2.05, 4.69) is 4.90 Å². The molecule has 0 aromatic rings. The monoisotopic (exact) mass is 308 g/mol. The van der Waals surface area contributed by atoms with Crippen LogP contribution in [0.2, 0.25) is 0 Å². The minimum atomic E-state index is -0.224. The molecule has 5 heteroatoms. The van der Waals surface area contributed by atoms with Gasteiger partial charge in [0.2, 0.25) is 5.91 Å². The molecular weight excluding hydrogens is 280 g/mol. The lowest BCUT2D eigenvalue weighted by atomic mass is 9.94. The lowest BCUT2D eigenvalue weighted by Gasteiger charge is -2.35. The van der Waals surface area contributed by atoms with Gasteiger partial charge in [0.1, 0.15) is 6.10 Å². The smallest absolute Gasteiger partial charge is 0.251 e. The normalized spacial score (nSPS) is 27.7. The molecule has 124 valence electrons. The Morgan fingerprint density at radius 2 is 1.36 bits per heavy atom. The Hall–Kier alpha value is -1.10. The van der Waals surface area contributed by atoms with E-state index in [-0.39, 0.29) is 17.9 Å². The van der Waals surface area contributed by atoms with E-state index >= 15 is 0 Å². The topological polar surface area (TPSA) is 49.9 Å². The van der Waals surface area contributed by atoms with Crippen LogP contribution in [-0.4, -0.2) is 60.5 Å². The number of piperidine rings is 1. The summed E-state index contributed by atoms with van der Waals surface area (Å²) in [5.74, 6) is 0.580. The van der Waals surface area contributed by atoms with Gasteiger partial charge in [-0.25, -0.2) is 0 Å². The molecule has 2 amide bonds. The third kappa shape index (κ3) is 3.62. The highest BCUT2D eigenvalue weighted by Gasteiger charge is 2.34.